The third-order valence-electron chi connectivity index (χ3n) is 15.9. The predicted molar refractivity (Wildman–Crippen MR) is 285 cm³/mol. The fourth-order valence-electron chi connectivity index (χ4n) is 12.0. The van der Waals surface area contributed by atoms with Gasteiger partial charge in [0.2, 0.25) is 0 Å². The van der Waals surface area contributed by atoms with E-state index in [0.717, 1.165) is 12.8 Å². The lowest BCUT2D eigenvalue weighted by Crippen LogP contribution is -2.68. The second kappa shape index (κ2) is 30.4. The van der Waals surface area contributed by atoms with Crippen LogP contribution in [0.5, 0.6) is 0 Å². The second-order valence-electron chi connectivity index (χ2n) is 24.9. The molecule has 4 aliphatic rings. The van der Waals surface area contributed by atoms with Gasteiger partial charge in [-0.2, -0.15) is 10.1 Å². The van der Waals surface area contributed by atoms with Crippen molar-refractivity contribution in [1.29, 1.82) is 0 Å². The Bertz CT molecular complexity index is 1400. The van der Waals surface area contributed by atoms with Crippen LogP contribution >= 0.6 is 0 Å². The highest BCUT2D eigenvalue weighted by atomic mass is 16.8. The molecule has 0 N–H and O–H groups in total. The fourth-order valence-corrected chi connectivity index (χ4v) is 12.0. The summed E-state index contributed by atoms with van der Waals surface area (Å²) in [6, 6.07) is 0. The molecule has 0 bridgehead atoms. The molecule has 0 unspecified atom stereocenters. The lowest BCUT2D eigenvalue weighted by Gasteiger charge is -2.59. The molecule has 2 spiro atoms. The van der Waals surface area contributed by atoms with Crippen molar-refractivity contribution in [1.82, 2.24) is 10.1 Å². The number of carbonyl (C=O) groups excluding carboxylic acids is 2. The van der Waals surface area contributed by atoms with Gasteiger partial charge in [-0.25, -0.2) is 9.59 Å². The molecule has 4 heterocycles. The van der Waals surface area contributed by atoms with Crippen molar-refractivity contribution >= 4 is 12.3 Å². The molecule has 0 aliphatic carbocycles. The van der Waals surface area contributed by atoms with Gasteiger partial charge in [0.25, 0.3) is 0 Å². The maximum atomic E-state index is 12.6. The standard InChI is InChI=1S/C58H108N2O13/c1-13-17-19-21-23-25-27-29-31-33-72-59-51(5,6)39-57(40-52(59,7)8)68-45-55(15-3,46-69-57)43-66-49(61)64-37-35-63-36-38-65-50(62)67-44-56(16-4)47-70-58(71-48-56)41-53(9,10)60(54(11,12)42-58)73-34-32-30-28-26-24-22-20-18-14-2/h13-48H2,1-12H3. The van der Waals surface area contributed by atoms with Gasteiger partial charge in [0, 0.05) is 47.8 Å². The van der Waals surface area contributed by atoms with Gasteiger partial charge in [0.15, 0.2) is 11.6 Å². The molecular formula is C58H108N2O13. The Morgan fingerprint density at radius 3 is 0.959 bits per heavy atom. The summed E-state index contributed by atoms with van der Waals surface area (Å²) in [6.45, 7) is 29.7. The molecular weight excluding hydrogens is 933 g/mol. The van der Waals surface area contributed by atoms with Crippen LogP contribution in [0.3, 0.4) is 0 Å². The first-order valence-electron chi connectivity index (χ1n) is 29.3. The van der Waals surface area contributed by atoms with Crippen LogP contribution < -0.4 is 0 Å². The summed E-state index contributed by atoms with van der Waals surface area (Å²) in [5, 5.41) is 4.35. The summed E-state index contributed by atoms with van der Waals surface area (Å²) in [5.74, 6) is -1.50. The molecule has 0 aromatic carbocycles. The van der Waals surface area contributed by atoms with Crippen LogP contribution in [0.4, 0.5) is 9.59 Å². The fraction of sp³-hybridized carbons (Fsp3) is 0.966. The maximum absolute atomic E-state index is 12.6. The van der Waals surface area contributed by atoms with Gasteiger partial charge in [0.05, 0.1) is 63.7 Å². The Labute approximate surface area is 444 Å². The van der Waals surface area contributed by atoms with Gasteiger partial charge in [-0.3, -0.25) is 9.68 Å². The smallest absolute Gasteiger partial charge is 0.434 e. The number of hydroxylamine groups is 4. The molecule has 73 heavy (non-hydrogen) atoms. The molecule has 0 radical (unpaired) electrons. The van der Waals surface area contributed by atoms with Crippen LogP contribution in [-0.2, 0) is 52.3 Å². The average molecular weight is 1040 g/mol. The zero-order valence-electron chi connectivity index (χ0n) is 48.7. The Morgan fingerprint density at radius 1 is 0.384 bits per heavy atom. The number of unbranched alkanes of at least 4 members (excludes halogenated alkanes) is 16. The molecule has 0 aromatic rings. The number of hydrogen-bond donors (Lipinski definition) is 0. The highest BCUT2D eigenvalue weighted by molar-refractivity contribution is 5.60. The van der Waals surface area contributed by atoms with Crippen molar-refractivity contribution in [3.8, 4) is 0 Å². The summed E-state index contributed by atoms with van der Waals surface area (Å²) in [7, 11) is 0. The van der Waals surface area contributed by atoms with Crippen molar-refractivity contribution in [3.05, 3.63) is 0 Å². The number of carbonyl (C=O) groups is 2. The van der Waals surface area contributed by atoms with E-state index in [-0.39, 0.29) is 61.8 Å². The minimum absolute atomic E-state index is 0.0142. The number of hydrogen-bond acceptors (Lipinski definition) is 15. The summed E-state index contributed by atoms with van der Waals surface area (Å²) >= 11 is 0. The average Bonchev–Trinajstić information content (AvgIpc) is 3.33. The molecule has 4 fully saturated rings. The van der Waals surface area contributed by atoms with Crippen molar-refractivity contribution in [3.63, 3.8) is 0 Å². The van der Waals surface area contributed by atoms with Crippen LogP contribution in [0, 0.1) is 10.8 Å². The molecule has 428 valence electrons. The summed E-state index contributed by atoms with van der Waals surface area (Å²) in [6.07, 6.45) is 25.5. The number of nitrogens with zero attached hydrogens (tertiary/aromatic N) is 2. The van der Waals surface area contributed by atoms with E-state index >= 15 is 0 Å². The first-order chi connectivity index (χ1) is 34.7. The highest BCUT2D eigenvalue weighted by Crippen LogP contribution is 2.51. The van der Waals surface area contributed by atoms with Gasteiger partial charge in [0.1, 0.15) is 26.4 Å². The number of piperidine rings is 2. The Hall–Kier alpha value is -1.82. The van der Waals surface area contributed by atoms with Crippen LogP contribution in [-0.4, -0.2) is 135 Å². The molecule has 4 saturated heterocycles. The van der Waals surface area contributed by atoms with E-state index in [1.165, 1.54) is 103 Å². The summed E-state index contributed by atoms with van der Waals surface area (Å²) in [5.41, 5.74) is -2.24. The maximum Gasteiger partial charge on any atom is 0.508 e. The predicted octanol–water partition coefficient (Wildman–Crippen LogP) is 13.8. The van der Waals surface area contributed by atoms with Gasteiger partial charge in [-0.05, 0) is 81.1 Å². The van der Waals surface area contributed by atoms with Crippen molar-refractivity contribution in [2.45, 2.75) is 271 Å². The summed E-state index contributed by atoms with van der Waals surface area (Å²) < 4.78 is 53.8. The molecule has 0 saturated carbocycles. The third-order valence-corrected chi connectivity index (χ3v) is 15.9. The van der Waals surface area contributed by atoms with Gasteiger partial charge < -0.3 is 42.6 Å². The Morgan fingerprint density at radius 2 is 0.671 bits per heavy atom. The van der Waals surface area contributed by atoms with Crippen LogP contribution in [0.2, 0.25) is 0 Å². The van der Waals surface area contributed by atoms with E-state index in [0.29, 0.717) is 78.2 Å². The van der Waals surface area contributed by atoms with Gasteiger partial charge >= 0.3 is 12.3 Å². The van der Waals surface area contributed by atoms with Crippen LogP contribution in [0.1, 0.15) is 237 Å². The van der Waals surface area contributed by atoms with E-state index in [1.54, 1.807) is 0 Å². The lowest BCUT2D eigenvalue weighted by atomic mass is 9.76. The largest absolute Gasteiger partial charge is 0.508 e. The van der Waals surface area contributed by atoms with Crippen molar-refractivity contribution in [2.24, 2.45) is 10.8 Å². The molecule has 0 aromatic heterocycles. The number of rotatable bonds is 34. The molecule has 15 heteroatoms. The van der Waals surface area contributed by atoms with Gasteiger partial charge in [-0.15, -0.1) is 0 Å². The van der Waals surface area contributed by atoms with Crippen LogP contribution in [0.15, 0.2) is 0 Å². The minimum atomic E-state index is -0.783. The first kappa shape index (κ1) is 63.7. The minimum Gasteiger partial charge on any atom is -0.434 e. The zero-order chi connectivity index (χ0) is 53.5. The van der Waals surface area contributed by atoms with Crippen molar-refractivity contribution in [2.75, 3.05) is 79.3 Å². The van der Waals surface area contributed by atoms with E-state index in [1.807, 2.05) is 0 Å². The Kier molecular flexibility index (Phi) is 26.5. The second-order valence-corrected chi connectivity index (χ2v) is 24.9. The van der Waals surface area contributed by atoms with Crippen LogP contribution in [0.25, 0.3) is 0 Å². The van der Waals surface area contributed by atoms with E-state index in [9.17, 15) is 9.59 Å². The monoisotopic (exact) mass is 1040 g/mol. The van der Waals surface area contributed by atoms with E-state index < -0.39 is 34.7 Å². The SMILES string of the molecule is CCCCCCCCCCCON1C(C)(C)CC2(CC1(C)C)OCC(CC)(COC(=O)OCCOCCOC(=O)OCC1(CC)COC3(CC(C)(C)N(OCCCCCCCCCCC)C(C)(C)C3)OC1)CO2. The quantitative estimate of drug-likeness (QED) is 0.0445. The van der Waals surface area contributed by atoms with Gasteiger partial charge in [-0.1, -0.05) is 130 Å². The third kappa shape index (κ3) is 20.5. The zero-order valence-corrected chi connectivity index (χ0v) is 48.7. The molecule has 15 nitrogen and oxygen atoms in total. The lowest BCUT2D eigenvalue weighted by molar-refractivity contribution is -0.384. The van der Waals surface area contributed by atoms with E-state index in [2.05, 4.69) is 93.2 Å². The first-order valence-corrected chi connectivity index (χ1v) is 29.3. The molecule has 4 rings (SSSR count). The van der Waals surface area contributed by atoms with Crippen molar-refractivity contribution < 1.29 is 61.9 Å². The van der Waals surface area contributed by atoms with E-state index in [4.69, 9.17) is 52.3 Å². The highest BCUT2D eigenvalue weighted by Gasteiger charge is 2.59. The number of ether oxygens (including phenoxy) is 9. The molecule has 0 atom stereocenters. The topological polar surface area (TPSA) is 142 Å². The Balaban J connectivity index is 1.06. The summed E-state index contributed by atoms with van der Waals surface area (Å²) in [4.78, 5) is 38.2. The molecule has 0 amide bonds. The normalized spacial score (nSPS) is 22.5. The molecule has 4 aliphatic heterocycles.